The highest BCUT2D eigenvalue weighted by Gasteiger charge is 2.24. The Bertz CT molecular complexity index is 607. The molecule has 6 nitrogen and oxygen atoms in total. The van der Waals surface area contributed by atoms with Gasteiger partial charge in [0.15, 0.2) is 0 Å². The summed E-state index contributed by atoms with van der Waals surface area (Å²) in [5.41, 5.74) is 1.56. The zero-order chi connectivity index (χ0) is 17.5. The van der Waals surface area contributed by atoms with Crippen LogP contribution < -0.4 is 5.32 Å². The number of benzene rings is 1. The fraction of sp³-hybridized carbons (Fsp3) is 0.500. The van der Waals surface area contributed by atoms with Gasteiger partial charge in [-0.2, -0.15) is 0 Å². The van der Waals surface area contributed by atoms with Gasteiger partial charge in [-0.3, -0.25) is 14.4 Å². The Morgan fingerprint density at radius 3 is 2.58 bits per heavy atom. The molecule has 0 saturated carbocycles. The highest BCUT2D eigenvalue weighted by Crippen LogP contribution is 2.21. The van der Waals surface area contributed by atoms with Crippen molar-refractivity contribution in [3.8, 4) is 0 Å². The molecule has 24 heavy (non-hydrogen) atoms. The summed E-state index contributed by atoms with van der Waals surface area (Å²) >= 11 is 0. The van der Waals surface area contributed by atoms with E-state index in [1.807, 2.05) is 23.1 Å². The molecule has 0 atom stereocenters. The van der Waals surface area contributed by atoms with Gasteiger partial charge in [0.1, 0.15) is 0 Å². The first-order valence-electron chi connectivity index (χ1n) is 8.30. The predicted octanol–water partition coefficient (Wildman–Crippen LogP) is 1.69. The maximum Gasteiger partial charge on any atom is 0.303 e. The Morgan fingerprint density at radius 1 is 1.25 bits per heavy atom. The first-order valence-corrected chi connectivity index (χ1v) is 8.30. The Kier molecular flexibility index (Phi) is 6.35. The summed E-state index contributed by atoms with van der Waals surface area (Å²) in [6.07, 6.45) is 2.70. The van der Waals surface area contributed by atoms with Crippen LogP contribution in [0.1, 0.15) is 41.6 Å². The first-order chi connectivity index (χ1) is 11.5. The number of carboxylic acid groups (broad SMARTS) is 1. The quantitative estimate of drug-likeness (QED) is 0.830. The van der Waals surface area contributed by atoms with Crippen LogP contribution in [0.15, 0.2) is 24.3 Å². The Balaban J connectivity index is 1.81. The van der Waals surface area contributed by atoms with Gasteiger partial charge in [0, 0.05) is 38.5 Å². The third-order valence-corrected chi connectivity index (χ3v) is 4.47. The summed E-state index contributed by atoms with van der Waals surface area (Å²) in [4.78, 5) is 36.5. The lowest BCUT2D eigenvalue weighted by molar-refractivity contribution is -0.138. The van der Waals surface area contributed by atoms with Crippen LogP contribution in [0.4, 0.5) is 0 Å². The van der Waals surface area contributed by atoms with Gasteiger partial charge >= 0.3 is 5.97 Å². The summed E-state index contributed by atoms with van der Waals surface area (Å²) in [5, 5.41) is 11.4. The van der Waals surface area contributed by atoms with E-state index >= 15 is 0 Å². The Labute approximate surface area is 141 Å². The van der Waals surface area contributed by atoms with Crippen molar-refractivity contribution < 1.29 is 19.5 Å². The minimum Gasteiger partial charge on any atom is -0.481 e. The highest BCUT2D eigenvalue weighted by molar-refractivity contribution is 5.94. The minimum absolute atomic E-state index is 0.0918. The minimum atomic E-state index is -0.768. The van der Waals surface area contributed by atoms with Crippen LogP contribution in [-0.2, 0) is 16.0 Å². The molecule has 1 aliphatic rings. The van der Waals surface area contributed by atoms with E-state index in [4.69, 9.17) is 5.11 Å². The number of likely N-dealkylation sites (tertiary alicyclic amines) is 1. The van der Waals surface area contributed by atoms with Gasteiger partial charge in [0.05, 0.1) is 0 Å². The second kappa shape index (κ2) is 8.47. The third kappa shape index (κ3) is 5.08. The predicted molar refractivity (Wildman–Crippen MR) is 89.7 cm³/mol. The van der Waals surface area contributed by atoms with E-state index < -0.39 is 5.97 Å². The normalized spacial score (nSPS) is 15.1. The van der Waals surface area contributed by atoms with Crippen LogP contribution in [0.3, 0.4) is 0 Å². The molecule has 2 rings (SSSR count). The monoisotopic (exact) mass is 332 g/mol. The van der Waals surface area contributed by atoms with E-state index in [1.165, 1.54) is 0 Å². The van der Waals surface area contributed by atoms with Crippen LogP contribution >= 0.6 is 0 Å². The lowest BCUT2D eigenvalue weighted by Gasteiger charge is -2.31. The number of hydrogen-bond donors (Lipinski definition) is 2. The molecule has 6 heteroatoms. The number of hydrogen-bond acceptors (Lipinski definition) is 3. The fourth-order valence-electron chi connectivity index (χ4n) is 3.06. The van der Waals surface area contributed by atoms with Gasteiger partial charge in [-0.25, -0.2) is 0 Å². The summed E-state index contributed by atoms with van der Waals surface area (Å²) in [5.74, 6) is -0.635. The van der Waals surface area contributed by atoms with Crippen molar-refractivity contribution in [3.63, 3.8) is 0 Å². The summed E-state index contributed by atoms with van der Waals surface area (Å²) in [7, 11) is 1.59. The molecule has 1 aromatic rings. The molecule has 130 valence electrons. The molecular weight excluding hydrogens is 308 g/mol. The molecule has 1 aliphatic heterocycles. The second-order valence-electron chi connectivity index (χ2n) is 6.20. The standard InChI is InChI=1S/C18H24N2O4/c1-19-18(24)15-4-2-3-13(11-15)5-6-16(21)20-9-7-14(8-10-20)12-17(22)23/h2-4,11,14H,5-10,12H2,1H3,(H,19,24)(H,22,23). The average molecular weight is 332 g/mol. The number of carbonyl (C=O) groups excluding carboxylic acids is 2. The number of rotatable bonds is 6. The average Bonchev–Trinajstić information content (AvgIpc) is 2.59. The van der Waals surface area contributed by atoms with E-state index in [9.17, 15) is 14.4 Å². The maximum absolute atomic E-state index is 12.3. The van der Waals surface area contributed by atoms with Crippen molar-refractivity contribution >= 4 is 17.8 Å². The second-order valence-corrected chi connectivity index (χ2v) is 6.20. The fourth-order valence-corrected chi connectivity index (χ4v) is 3.06. The zero-order valence-corrected chi connectivity index (χ0v) is 14.0. The maximum atomic E-state index is 12.3. The molecule has 0 aliphatic carbocycles. The van der Waals surface area contributed by atoms with Crippen molar-refractivity contribution in [1.29, 1.82) is 0 Å². The van der Waals surface area contributed by atoms with Crippen molar-refractivity contribution in [2.45, 2.75) is 32.1 Å². The number of carboxylic acids is 1. The number of carbonyl (C=O) groups is 3. The summed E-state index contributed by atoms with van der Waals surface area (Å²) in [6, 6.07) is 7.29. The van der Waals surface area contributed by atoms with Gasteiger partial charge < -0.3 is 15.3 Å². The van der Waals surface area contributed by atoms with Gasteiger partial charge in [-0.1, -0.05) is 12.1 Å². The van der Waals surface area contributed by atoms with Gasteiger partial charge in [0.2, 0.25) is 5.91 Å². The first kappa shape index (κ1) is 18.0. The third-order valence-electron chi connectivity index (χ3n) is 4.47. The molecule has 2 N–H and O–H groups in total. The van der Waals surface area contributed by atoms with Crippen molar-refractivity contribution in [2.24, 2.45) is 5.92 Å². The van der Waals surface area contributed by atoms with Gasteiger partial charge in [0.25, 0.3) is 5.91 Å². The van der Waals surface area contributed by atoms with E-state index in [0.29, 0.717) is 31.5 Å². The Morgan fingerprint density at radius 2 is 1.96 bits per heavy atom. The Hall–Kier alpha value is -2.37. The molecule has 1 saturated heterocycles. The van der Waals surface area contributed by atoms with Gasteiger partial charge in [-0.15, -0.1) is 0 Å². The molecule has 2 amide bonds. The largest absolute Gasteiger partial charge is 0.481 e. The molecule has 1 heterocycles. The summed E-state index contributed by atoms with van der Waals surface area (Å²) in [6.45, 7) is 1.27. The smallest absolute Gasteiger partial charge is 0.303 e. The molecule has 0 aromatic heterocycles. The van der Waals surface area contributed by atoms with Crippen LogP contribution in [0, 0.1) is 5.92 Å². The van der Waals surface area contributed by atoms with Crippen LogP contribution in [0.2, 0.25) is 0 Å². The lowest BCUT2D eigenvalue weighted by Crippen LogP contribution is -2.39. The van der Waals surface area contributed by atoms with Crippen molar-refractivity contribution in [1.82, 2.24) is 10.2 Å². The number of nitrogens with zero attached hydrogens (tertiary/aromatic N) is 1. The molecule has 1 fully saturated rings. The number of amides is 2. The molecule has 0 bridgehead atoms. The van der Waals surface area contributed by atoms with E-state index in [2.05, 4.69) is 5.32 Å². The molecule has 0 unspecified atom stereocenters. The topological polar surface area (TPSA) is 86.7 Å². The van der Waals surface area contributed by atoms with Crippen LogP contribution in [-0.4, -0.2) is 47.9 Å². The number of aryl methyl sites for hydroxylation is 1. The van der Waals surface area contributed by atoms with Crippen LogP contribution in [0.25, 0.3) is 0 Å². The van der Waals surface area contributed by atoms with Crippen molar-refractivity contribution in [3.05, 3.63) is 35.4 Å². The molecule has 0 radical (unpaired) electrons. The van der Waals surface area contributed by atoms with E-state index in [0.717, 1.165) is 18.4 Å². The highest BCUT2D eigenvalue weighted by atomic mass is 16.4. The number of aliphatic carboxylic acids is 1. The zero-order valence-electron chi connectivity index (χ0n) is 14.0. The van der Waals surface area contributed by atoms with Gasteiger partial charge in [-0.05, 0) is 42.9 Å². The molecule has 0 spiro atoms. The number of nitrogens with one attached hydrogen (secondary N) is 1. The molecule has 1 aromatic carbocycles. The van der Waals surface area contributed by atoms with E-state index in [1.54, 1.807) is 13.1 Å². The SMILES string of the molecule is CNC(=O)c1cccc(CCC(=O)N2CCC(CC(=O)O)CC2)c1. The molecular formula is C18H24N2O4. The van der Waals surface area contributed by atoms with E-state index in [-0.39, 0.29) is 24.2 Å². The van der Waals surface area contributed by atoms with Crippen LogP contribution in [0.5, 0.6) is 0 Å². The lowest BCUT2D eigenvalue weighted by atomic mass is 9.93. The number of piperidine rings is 1. The van der Waals surface area contributed by atoms with Crippen molar-refractivity contribution in [2.75, 3.05) is 20.1 Å². The summed E-state index contributed by atoms with van der Waals surface area (Å²) < 4.78 is 0.